The fourth-order valence-electron chi connectivity index (χ4n) is 3.66. The number of rotatable bonds is 5. The van der Waals surface area contributed by atoms with Crippen molar-refractivity contribution in [1.82, 2.24) is 4.90 Å². The largest absolute Gasteiger partial charge is 0.425 e. The molecule has 0 aliphatic carbocycles. The Morgan fingerprint density at radius 1 is 0.733 bits per heavy atom. The molecule has 0 bridgehead atoms. The third kappa shape index (κ3) is 3.50. The molecule has 4 rings (SSSR count). The highest BCUT2D eigenvalue weighted by Crippen LogP contribution is 2.28. The highest BCUT2D eigenvalue weighted by molar-refractivity contribution is 6.22. The number of amides is 2. The number of carbonyl (C=O) groups is 3. The van der Waals surface area contributed by atoms with E-state index in [0.717, 1.165) is 16.0 Å². The summed E-state index contributed by atoms with van der Waals surface area (Å²) in [5, 5.41) is 0. The summed E-state index contributed by atoms with van der Waals surface area (Å²) in [5.74, 6) is -1.51. The van der Waals surface area contributed by atoms with E-state index in [4.69, 9.17) is 4.74 Å². The number of esters is 1. The molecule has 0 N–H and O–H groups in total. The summed E-state index contributed by atoms with van der Waals surface area (Å²) in [7, 11) is 0. The summed E-state index contributed by atoms with van der Waals surface area (Å²) in [6.07, 6.45) is 0. The predicted octanol–water partition coefficient (Wildman–Crippen LogP) is 4.58. The number of carbonyl (C=O) groups excluding carboxylic acids is 3. The zero-order valence-electron chi connectivity index (χ0n) is 16.7. The van der Waals surface area contributed by atoms with Crippen molar-refractivity contribution in [3.63, 3.8) is 0 Å². The minimum Gasteiger partial charge on any atom is -0.425 e. The molecule has 0 radical (unpaired) electrons. The molecule has 0 saturated carbocycles. The fourth-order valence-corrected chi connectivity index (χ4v) is 3.66. The number of ether oxygens (including phenoxy) is 1. The van der Waals surface area contributed by atoms with Crippen molar-refractivity contribution in [3.8, 4) is 16.9 Å². The summed E-state index contributed by atoms with van der Waals surface area (Å²) in [4.78, 5) is 39.6. The van der Waals surface area contributed by atoms with Crippen LogP contribution in [0.3, 0.4) is 0 Å². The predicted molar refractivity (Wildman–Crippen MR) is 113 cm³/mol. The molecule has 1 aliphatic rings. The second kappa shape index (κ2) is 7.95. The normalized spacial score (nSPS) is 14.0. The van der Waals surface area contributed by atoms with Crippen molar-refractivity contribution in [2.75, 3.05) is 0 Å². The van der Waals surface area contributed by atoms with E-state index in [0.29, 0.717) is 16.9 Å². The Kier molecular flexibility index (Phi) is 5.19. The van der Waals surface area contributed by atoms with E-state index in [1.807, 2.05) is 42.5 Å². The Morgan fingerprint density at radius 2 is 1.23 bits per heavy atom. The molecule has 3 aromatic rings. The van der Waals surface area contributed by atoms with E-state index >= 15 is 0 Å². The maximum absolute atomic E-state index is 13.0. The SMILES string of the molecule is CC(C)C(C(=O)Oc1ccc(-c2ccccc2)cc1)N1C(=O)c2ccccc2C1=O. The molecular formula is C25H21NO4. The van der Waals surface area contributed by atoms with Crippen LogP contribution in [0.15, 0.2) is 78.9 Å². The van der Waals surface area contributed by atoms with Gasteiger partial charge in [-0.3, -0.25) is 14.5 Å². The van der Waals surface area contributed by atoms with Crippen LogP contribution in [0.1, 0.15) is 34.6 Å². The first kappa shape index (κ1) is 19.6. The molecule has 0 aromatic heterocycles. The molecule has 5 heteroatoms. The lowest BCUT2D eigenvalue weighted by molar-refractivity contribution is -0.140. The topological polar surface area (TPSA) is 63.7 Å². The first-order valence-corrected chi connectivity index (χ1v) is 9.81. The molecule has 1 atom stereocenters. The van der Waals surface area contributed by atoms with Crippen LogP contribution in [0, 0.1) is 5.92 Å². The molecule has 1 unspecified atom stereocenters. The van der Waals surface area contributed by atoms with Crippen LogP contribution in [-0.2, 0) is 4.79 Å². The third-order valence-corrected chi connectivity index (χ3v) is 5.16. The zero-order valence-corrected chi connectivity index (χ0v) is 16.7. The number of hydrogen-bond donors (Lipinski definition) is 0. The molecular weight excluding hydrogens is 378 g/mol. The molecule has 2 amide bonds. The van der Waals surface area contributed by atoms with Crippen molar-refractivity contribution in [2.24, 2.45) is 5.92 Å². The van der Waals surface area contributed by atoms with Gasteiger partial charge in [0.05, 0.1) is 11.1 Å². The van der Waals surface area contributed by atoms with Gasteiger partial charge in [0.1, 0.15) is 11.8 Å². The Morgan fingerprint density at radius 3 is 1.77 bits per heavy atom. The van der Waals surface area contributed by atoms with Gasteiger partial charge in [-0.05, 0) is 41.3 Å². The summed E-state index contributed by atoms with van der Waals surface area (Å²) in [6, 6.07) is 22.6. The zero-order chi connectivity index (χ0) is 21.3. The third-order valence-electron chi connectivity index (χ3n) is 5.16. The van der Waals surface area contributed by atoms with Gasteiger partial charge in [0.15, 0.2) is 0 Å². The molecule has 5 nitrogen and oxygen atoms in total. The number of hydrogen-bond acceptors (Lipinski definition) is 4. The maximum atomic E-state index is 13.0. The van der Waals surface area contributed by atoms with Crippen LogP contribution >= 0.6 is 0 Å². The van der Waals surface area contributed by atoms with Crippen molar-refractivity contribution in [1.29, 1.82) is 0 Å². The van der Waals surface area contributed by atoms with Crippen molar-refractivity contribution in [3.05, 3.63) is 90.0 Å². The minimum atomic E-state index is -1.01. The average molecular weight is 399 g/mol. The standard InChI is InChI=1S/C25H21NO4/c1-16(2)22(26-23(27)20-10-6-7-11-21(20)24(26)28)25(29)30-19-14-12-18(13-15-19)17-8-4-3-5-9-17/h3-16,22H,1-2H3. The van der Waals surface area contributed by atoms with E-state index < -0.39 is 23.8 Å². The lowest BCUT2D eigenvalue weighted by Crippen LogP contribution is -2.49. The minimum absolute atomic E-state index is 0.302. The maximum Gasteiger partial charge on any atom is 0.335 e. The lowest BCUT2D eigenvalue weighted by Gasteiger charge is -2.27. The van der Waals surface area contributed by atoms with Crippen molar-refractivity contribution < 1.29 is 19.1 Å². The number of benzene rings is 3. The van der Waals surface area contributed by atoms with Gasteiger partial charge in [0.2, 0.25) is 0 Å². The Labute approximate surface area is 174 Å². The molecule has 30 heavy (non-hydrogen) atoms. The van der Waals surface area contributed by atoms with Crippen LogP contribution in [0.25, 0.3) is 11.1 Å². The van der Waals surface area contributed by atoms with E-state index in [2.05, 4.69) is 0 Å². The summed E-state index contributed by atoms with van der Waals surface area (Å²) >= 11 is 0. The van der Waals surface area contributed by atoms with E-state index in [1.165, 1.54) is 0 Å². The molecule has 1 aliphatic heterocycles. The molecule has 0 saturated heterocycles. The summed E-state index contributed by atoms with van der Waals surface area (Å²) in [6.45, 7) is 3.57. The lowest BCUT2D eigenvalue weighted by atomic mass is 10.0. The number of fused-ring (bicyclic) bond motifs is 1. The van der Waals surface area contributed by atoms with Gasteiger partial charge in [0.25, 0.3) is 11.8 Å². The van der Waals surface area contributed by atoms with Gasteiger partial charge in [0, 0.05) is 0 Å². The molecule has 3 aromatic carbocycles. The molecule has 0 fully saturated rings. The Balaban J connectivity index is 1.55. The van der Waals surface area contributed by atoms with Gasteiger partial charge >= 0.3 is 5.97 Å². The van der Waals surface area contributed by atoms with Crippen LogP contribution in [0.2, 0.25) is 0 Å². The van der Waals surface area contributed by atoms with Crippen LogP contribution < -0.4 is 4.74 Å². The quantitative estimate of drug-likeness (QED) is 0.358. The summed E-state index contributed by atoms with van der Waals surface area (Å²) in [5.41, 5.74) is 2.68. The highest BCUT2D eigenvalue weighted by Gasteiger charge is 2.44. The van der Waals surface area contributed by atoms with Gasteiger partial charge in [-0.1, -0.05) is 68.4 Å². The number of nitrogens with zero attached hydrogens (tertiary/aromatic N) is 1. The van der Waals surface area contributed by atoms with E-state index in [-0.39, 0.29) is 5.92 Å². The van der Waals surface area contributed by atoms with Crippen molar-refractivity contribution >= 4 is 17.8 Å². The Bertz CT molecular complexity index is 1070. The highest BCUT2D eigenvalue weighted by atomic mass is 16.5. The smallest absolute Gasteiger partial charge is 0.335 e. The first-order chi connectivity index (χ1) is 14.5. The van der Waals surface area contributed by atoms with Crippen molar-refractivity contribution in [2.45, 2.75) is 19.9 Å². The molecule has 0 spiro atoms. The second-order valence-electron chi connectivity index (χ2n) is 7.53. The first-order valence-electron chi connectivity index (χ1n) is 9.81. The number of imide groups is 1. The van der Waals surface area contributed by atoms with E-state index in [1.54, 1.807) is 50.2 Å². The van der Waals surface area contributed by atoms with Crippen LogP contribution in [0.4, 0.5) is 0 Å². The second-order valence-corrected chi connectivity index (χ2v) is 7.53. The monoisotopic (exact) mass is 399 g/mol. The van der Waals surface area contributed by atoms with Gasteiger partial charge in [-0.2, -0.15) is 0 Å². The van der Waals surface area contributed by atoms with E-state index in [9.17, 15) is 14.4 Å². The summed E-state index contributed by atoms with van der Waals surface area (Å²) < 4.78 is 5.55. The molecule has 1 heterocycles. The van der Waals surface area contributed by atoms with Crippen LogP contribution in [0.5, 0.6) is 5.75 Å². The van der Waals surface area contributed by atoms with Gasteiger partial charge in [-0.25, -0.2) is 4.79 Å². The fraction of sp³-hybridized carbons (Fsp3) is 0.160. The molecule has 150 valence electrons. The van der Waals surface area contributed by atoms with Gasteiger partial charge in [-0.15, -0.1) is 0 Å². The van der Waals surface area contributed by atoms with Gasteiger partial charge < -0.3 is 4.74 Å². The van der Waals surface area contributed by atoms with Crippen LogP contribution in [-0.4, -0.2) is 28.7 Å². The Hall–Kier alpha value is -3.73. The average Bonchev–Trinajstić information content (AvgIpc) is 3.00.